The van der Waals surface area contributed by atoms with Gasteiger partial charge in [-0.2, -0.15) is 0 Å². The van der Waals surface area contributed by atoms with Gasteiger partial charge in [0, 0.05) is 36.9 Å². The van der Waals surface area contributed by atoms with Gasteiger partial charge in [0.2, 0.25) is 5.91 Å². The van der Waals surface area contributed by atoms with Crippen LogP contribution in [0.25, 0.3) is 11.0 Å². The molecule has 1 amide bonds. The van der Waals surface area contributed by atoms with Crippen LogP contribution in [0.5, 0.6) is 0 Å². The molecule has 0 atom stereocenters. The molecule has 0 radical (unpaired) electrons. The van der Waals surface area contributed by atoms with Gasteiger partial charge in [0.05, 0.1) is 11.8 Å². The van der Waals surface area contributed by atoms with Gasteiger partial charge in [0.1, 0.15) is 17.8 Å². The second-order valence-corrected chi connectivity index (χ2v) is 9.52. The van der Waals surface area contributed by atoms with Gasteiger partial charge in [0.25, 0.3) is 0 Å². The van der Waals surface area contributed by atoms with Gasteiger partial charge < -0.3 is 14.8 Å². The molecule has 4 aromatic rings. The summed E-state index contributed by atoms with van der Waals surface area (Å²) < 4.78 is 2.22. The number of fused-ring (bicyclic) bond motifs is 1. The molecule has 0 unspecified atom stereocenters. The number of benzene rings is 2. The highest BCUT2D eigenvalue weighted by molar-refractivity contribution is 6.30. The van der Waals surface area contributed by atoms with Crippen LogP contribution in [0, 0.1) is 13.8 Å². The molecule has 188 valence electrons. The summed E-state index contributed by atoms with van der Waals surface area (Å²) in [6.45, 7) is 11.2. The van der Waals surface area contributed by atoms with Crippen molar-refractivity contribution >= 4 is 34.4 Å². The van der Waals surface area contributed by atoms with Crippen molar-refractivity contribution in [3.8, 4) is 0 Å². The third-order valence-electron chi connectivity index (χ3n) is 6.84. The molecule has 6 nitrogen and oxygen atoms in total. The second kappa shape index (κ2) is 11.6. The molecule has 0 spiro atoms. The van der Waals surface area contributed by atoms with Crippen molar-refractivity contribution in [2.45, 2.75) is 47.1 Å². The standard InChI is InChI=1S/C29H34ClN5O/c1-5-34(6-2)26(36)17-23-12-10-22(11-13-23)14-15-31-28-27-20(3)21(4)35(29(27)33-19-32-28)18-24-8-7-9-25(30)16-24/h7-13,16,19H,5-6,14-15,17-18H2,1-4H3,(H,31,32,33). The van der Waals surface area contributed by atoms with Gasteiger partial charge in [-0.1, -0.05) is 48.0 Å². The summed E-state index contributed by atoms with van der Waals surface area (Å²) in [7, 11) is 0. The lowest BCUT2D eigenvalue weighted by Gasteiger charge is -2.18. The second-order valence-electron chi connectivity index (χ2n) is 9.08. The Morgan fingerprint density at radius 2 is 1.72 bits per heavy atom. The Kier molecular flexibility index (Phi) is 8.26. The molecular weight excluding hydrogens is 470 g/mol. The molecular formula is C29H34ClN5O. The average molecular weight is 504 g/mol. The van der Waals surface area contributed by atoms with E-state index < -0.39 is 0 Å². The van der Waals surface area contributed by atoms with E-state index in [-0.39, 0.29) is 5.91 Å². The maximum Gasteiger partial charge on any atom is 0.226 e. The van der Waals surface area contributed by atoms with E-state index in [1.165, 1.54) is 16.8 Å². The molecule has 36 heavy (non-hydrogen) atoms. The van der Waals surface area contributed by atoms with E-state index in [9.17, 15) is 4.79 Å². The number of aryl methyl sites for hydroxylation is 1. The Hall–Kier alpha value is -3.38. The predicted octanol–water partition coefficient (Wildman–Crippen LogP) is 5.82. The van der Waals surface area contributed by atoms with Crippen molar-refractivity contribution in [2.75, 3.05) is 25.0 Å². The Morgan fingerprint density at radius 1 is 1.00 bits per heavy atom. The normalized spacial score (nSPS) is 11.1. The smallest absolute Gasteiger partial charge is 0.226 e. The van der Waals surface area contributed by atoms with Gasteiger partial charge in [-0.05, 0) is 68.5 Å². The van der Waals surface area contributed by atoms with Crippen LogP contribution in [-0.4, -0.2) is 45.0 Å². The van der Waals surface area contributed by atoms with Crippen molar-refractivity contribution in [3.63, 3.8) is 0 Å². The van der Waals surface area contributed by atoms with Crippen LogP contribution in [0.1, 0.15) is 41.8 Å². The summed E-state index contributed by atoms with van der Waals surface area (Å²) >= 11 is 6.20. The molecule has 0 aliphatic heterocycles. The maximum atomic E-state index is 12.4. The highest BCUT2D eigenvalue weighted by atomic mass is 35.5. The lowest BCUT2D eigenvalue weighted by molar-refractivity contribution is -0.130. The SMILES string of the molecule is CCN(CC)C(=O)Cc1ccc(CCNc2ncnc3c2c(C)c(C)n3Cc2cccc(Cl)c2)cc1. The van der Waals surface area contributed by atoms with E-state index in [4.69, 9.17) is 11.6 Å². The van der Waals surface area contributed by atoms with Gasteiger partial charge in [-0.3, -0.25) is 4.79 Å². The van der Waals surface area contributed by atoms with E-state index in [1.54, 1.807) is 6.33 Å². The van der Waals surface area contributed by atoms with Crippen molar-refractivity contribution in [2.24, 2.45) is 0 Å². The zero-order valence-corrected chi connectivity index (χ0v) is 22.3. The first kappa shape index (κ1) is 25.7. The number of halogens is 1. The first-order chi connectivity index (χ1) is 17.4. The number of likely N-dealkylation sites (N-methyl/N-ethyl adjacent to an activating group) is 1. The highest BCUT2D eigenvalue weighted by Crippen LogP contribution is 2.29. The minimum Gasteiger partial charge on any atom is -0.369 e. The van der Waals surface area contributed by atoms with Gasteiger partial charge >= 0.3 is 0 Å². The minimum absolute atomic E-state index is 0.176. The molecule has 4 rings (SSSR count). The Morgan fingerprint density at radius 3 is 2.42 bits per heavy atom. The summed E-state index contributed by atoms with van der Waals surface area (Å²) in [5.41, 5.74) is 6.68. The third-order valence-corrected chi connectivity index (χ3v) is 7.07. The van der Waals surface area contributed by atoms with Crippen LogP contribution in [0.4, 0.5) is 5.82 Å². The molecule has 0 saturated heterocycles. The number of anilines is 1. The molecule has 0 saturated carbocycles. The lowest BCUT2D eigenvalue weighted by Crippen LogP contribution is -2.31. The van der Waals surface area contributed by atoms with Gasteiger partial charge in [-0.15, -0.1) is 0 Å². The monoisotopic (exact) mass is 503 g/mol. The van der Waals surface area contributed by atoms with Crippen LogP contribution in [0.15, 0.2) is 54.9 Å². The highest BCUT2D eigenvalue weighted by Gasteiger charge is 2.17. The minimum atomic E-state index is 0.176. The average Bonchev–Trinajstić information content (AvgIpc) is 3.11. The first-order valence-electron chi connectivity index (χ1n) is 12.6. The Balaban J connectivity index is 1.44. The Bertz CT molecular complexity index is 1340. The fourth-order valence-electron chi connectivity index (χ4n) is 4.63. The summed E-state index contributed by atoms with van der Waals surface area (Å²) in [5.74, 6) is 1.03. The fourth-order valence-corrected chi connectivity index (χ4v) is 4.84. The predicted molar refractivity (Wildman–Crippen MR) is 148 cm³/mol. The van der Waals surface area contributed by atoms with Crippen molar-refractivity contribution < 1.29 is 4.79 Å². The molecule has 0 bridgehead atoms. The van der Waals surface area contributed by atoms with E-state index in [1.807, 2.05) is 36.9 Å². The number of carbonyl (C=O) groups is 1. The van der Waals surface area contributed by atoms with Gasteiger partial charge in [0.15, 0.2) is 0 Å². The molecule has 7 heteroatoms. The van der Waals surface area contributed by atoms with E-state index in [0.29, 0.717) is 13.0 Å². The topological polar surface area (TPSA) is 63.1 Å². The summed E-state index contributed by atoms with van der Waals surface area (Å²) in [6.07, 6.45) is 2.93. The molecule has 2 aromatic heterocycles. The van der Waals surface area contributed by atoms with E-state index >= 15 is 0 Å². The number of rotatable bonds is 10. The number of carbonyl (C=O) groups excluding carboxylic acids is 1. The fraction of sp³-hybridized carbons (Fsp3) is 0.345. The summed E-state index contributed by atoms with van der Waals surface area (Å²) in [4.78, 5) is 23.4. The molecule has 0 aliphatic carbocycles. The van der Waals surface area contributed by atoms with Crippen molar-refractivity contribution in [3.05, 3.63) is 87.8 Å². The van der Waals surface area contributed by atoms with Crippen molar-refractivity contribution in [1.29, 1.82) is 0 Å². The third kappa shape index (κ3) is 5.71. The molecule has 2 heterocycles. The quantitative estimate of drug-likeness (QED) is 0.296. The van der Waals surface area contributed by atoms with Crippen molar-refractivity contribution in [1.82, 2.24) is 19.4 Å². The molecule has 1 N–H and O–H groups in total. The molecule has 0 aliphatic rings. The molecule has 2 aromatic carbocycles. The van der Waals surface area contributed by atoms with Crippen LogP contribution in [-0.2, 0) is 24.2 Å². The first-order valence-corrected chi connectivity index (χ1v) is 12.9. The lowest BCUT2D eigenvalue weighted by atomic mass is 10.1. The zero-order valence-electron chi connectivity index (χ0n) is 21.5. The van der Waals surface area contributed by atoms with Crippen LogP contribution >= 0.6 is 11.6 Å². The van der Waals surface area contributed by atoms with Crippen LogP contribution < -0.4 is 5.32 Å². The van der Waals surface area contributed by atoms with Crippen LogP contribution in [0.3, 0.4) is 0 Å². The van der Waals surface area contributed by atoms with E-state index in [0.717, 1.165) is 59.1 Å². The Labute approximate surface area is 218 Å². The molecule has 0 fully saturated rings. The number of nitrogens with one attached hydrogen (secondary N) is 1. The number of nitrogens with zero attached hydrogens (tertiary/aromatic N) is 4. The van der Waals surface area contributed by atoms with Crippen LogP contribution in [0.2, 0.25) is 5.02 Å². The maximum absolute atomic E-state index is 12.4. The number of hydrogen-bond donors (Lipinski definition) is 1. The summed E-state index contributed by atoms with van der Waals surface area (Å²) in [5, 5.41) is 5.31. The summed E-state index contributed by atoms with van der Waals surface area (Å²) in [6, 6.07) is 16.3. The van der Waals surface area contributed by atoms with E-state index in [2.05, 4.69) is 64.0 Å². The zero-order chi connectivity index (χ0) is 25.7. The largest absolute Gasteiger partial charge is 0.369 e. The number of hydrogen-bond acceptors (Lipinski definition) is 4. The van der Waals surface area contributed by atoms with Gasteiger partial charge in [-0.25, -0.2) is 9.97 Å². The number of amides is 1. The number of aromatic nitrogens is 3.